The lowest BCUT2D eigenvalue weighted by atomic mass is 9.99. The standard InChI is InChI=1S/C29H38N4O5/c1-17-10-9-12-20(14-17)25(26(35)31-21-13-8-7-11-18(21)2)33(23-15-19(23)3)27(36)22(16-24(30)34)32-28(37)38-29(4,5)6/h7-14,19,22-23,25H,15-16H2,1-6H3,(H2,30,34)(H,31,35)(H,32,37). The Labute approximate surface area is 224 Å². The van der Waals surface area contributed by atoms with Crippen LogP contribution >= 0.6 is 0 Å². The maximum atomic E-state index is 14.1. The zero-order chi connectivity index (χ0) is 28.2. The second kappa shape index (κ2) is 11.7. The van der Waals surface area contributed by atoms with Crippen molar-refractivity contribution in [2.75, 3.05) is 5.32 Å². The summed E-state index contributed by atoms with van der Waals surface area (Å²) in [4.78, 5) is 54.0. The Morgan fingerprint density at radius 2 is 1.74 bits per heavy atom. The number of carbonyl (C=O) groups is 4. The van der Waals surface area contributed by atoms with Crippen LogP contribution in [-0.2, 0) is 19.1 Å². The molecular formula is C29H38N4O5. The smallest absolute Gasteiger partial charge is 0.408 e. The summed E-state index contributed by atoms with van der Waals surface area (Å²) >= 11 is 0. The first-order chi connectivity index (χ1) is 17.8. The van der Waals surface area contributed by atoms with E-state index in [1.54, 1.807) is 32.9 Å². The van der Waals surface area contributed by atoms with Crippen molar-refractivity contribution in [3.05, 3.63) is 65.2 Å². The highest BCUT2D eigenvalue weighted by Gasteiger charge is 2.48. The Morgan fingerprint density at radius 3 is 2.29 bits per heavy atom. The number of anilines is 1. The van der Waals surface area contributed by atoms with Crippen molar-refractivity contribution < 1.29 is 23.9 Å². The lowest BCUT2D eigenvalue weighted by molar-refractivity contribution is -0.142. The highest BCUT2D eigenvalue weighted by atomic mass is 16.6. The van der Waals surface area contributed by atoms with E-state index in [1.807, 2.05) is 57.2 Å². The van der Waals surface area contributed by atoms with Gasteiger partial charge in [-0.3, -0.25) is 14.4 Å². The van der Waals surface area contributed by atoms with E-state index < -0.39 is 47.9 Å². The fourth-order valence-electron chi connectivity index (χ4n) is 4.40. The largest absolute Gasteiger partial charge is 0.444 e. The minimum Gasteiger partial charge on any atom is -0.444 e. The van der Waals surface area contributed by atoms with E-state index in [2.05, 4.69) is 10.6 Å². The molecule has 3 rings (SSSR count). The summed E-state index contributed by atoms with van der Waals surface area (Å²) < 4.78 is 5.33. The van der Waals surface area contributed by atoms with E-state index >= 15 is 0 Å². The molecule has 4 atom stereocenters. The Morgan fingerprint density at radius 1 is 1.08 bits per heavy atom. The van der Waals surface area contributed by atoms with Crippen LogP contribution in [0.15, 0.2) is 48.5 Å². The number of hydrogen-bond donors (Lipinski definition) is 3. The molecule has 0 saturated heterocycles. The van der Waals surface area contributed by atoms with Gasteiger partial charge in [0, 0.05) is 11.7 Å². The molecule has 38 heavy (non-hydrogen) atoms. The molecule has 9 nitrogen and oxygen atoms in total. The average molecular weight is 523 g/mol. The summed E-state index contributed by atoms with van der Waals surface area (Å²) in [7, 11) is 0. The Kier molecular flexibility index (Phi) is 8.81. The molecule has 0 radical (unpaired) electrons. The van der Waals surface area contributed by atoms with Crippen LogP contribution < -0.4 is 16.4 Å². The number of nitrogens with one attached hydrogen (secondary N) is 2. The molecule has 204 valence electrons. The summed E-state index contributed by atoms with van der Waals surface area (Å²) in [5.74, 6) is -1.60. The average Bonchev–Trinajstić information content (AvgIpc) is 3.52. The number of nitrogens with zero attached hydrogens (tertiary/aromatic N) is 1. The van der Waals surface area contributed by atoms with Crippen molar-refractivity contribution in [3.63, 3.8) is 0 Å². The molecule has 0 heterocycles. The number of nitrogens with two attached hydrogens (primary N) is 1. The highest BCUT2D eigenvalue weighted by Crippen LogP contribution is 2.41. The summed E-state index contributed by atoms with van der Waals surface area (Å²) in [6.07, 6.45) is -0.603. The quantitative estimate of drug-likeness (QED) is 0.458. The van der Waals surface area contributed by atoms with E-state index in [4.69, 9.17) is 10.5 Å². The lowest BCUT2D eigenvalue weighted by Crippen LogP contribution is -2.54. The fourth-order valence-corrected chi connectivity index (χ4v) is 4.40. The summed E-state index contributed by atoms with van der Waals surface area (Å²) in [5, 5.41) is 5.49. The van der Waals surface area contributed by atoms with E-state index in [9.17, 15) is 19.2 Å². The molecule has 4 N–H and O–H groups in total. The van der Waals surface area contributed by atoms with Gasteiger partial charge in [0.1, 0.15) is 17.7 Å². The van der Waals surface area contributed by atoms with E-state index in [0.717, 1.165) is 11.1 Å². The predicted molar refractivity (Wildman–Crippen MR) is 145 cm³/mol. The van der Waals surface area contributed by atoms with Gasteiger partial charge < -0.3 is 26.0 Å². The molecule has 0 bridgehead atoms. The molecule has 1 aliphatic carbocycles. The molecule has 4 unspecified atom stereocenters. The maximum absolute atomic E-state index is 14.1. The second-order valence-electron chi connectivity index (χ2n) is 11.0. The van der Waals surface area contributed by atoms with Crippen LogP contribution in [0.2, 0.25) is 0 Å². The SMILES string of the molecule is Cc1cccc(C(C(=O)Nc2ccccc2C)N(C(=O)C(CC(N)=O)NC(=O)OC(C)(C)C)C2CC2C)c1. The van der Waals surface area contributed by atoms with Crippen LogP contribution in [0.1, 0.15) is 63.3 Å². The first-order valence-electron chi connectivity index (χ1n) is 12.8. The van der Waals surface area contributed by atoms with Crippen molar-refractivity contribution in [3.8, 4) is 0 Å². The molecule has 4 amide bonds. The van der Waals surface area contributed by atoms with Gasteiger partial charge in [0.2, 0.25) is 11.8 Å². The van der Waals surface area contributed by atoms with Crippen LogP contribution in [-0.4, -0.2) is 46.4 Å². The third-order valence-corrected chi connectivity index (χ3v) is 6.36. The minimum absolute atomic E-state index is 0.133. The van der Waals surface area contributed by atoms with Gasteiger partial charge in [-0.15, -0.1) is 0 Å². The van der Waals surface area contributed by atoms with E-state index in [-0.39, 0.29) is 12.0 Å². The van der Waals surface area contributed by atoms with Crippen molar-refractivity contribution in [1.29, 1.82) is 0 Å². The van der Waals surface area contributed by atoms with Crippen molar-refractivity contribution in [2.45, 2.75) is 78.1 Å². The maximum Gasteiger partial charge on any atom is 0.408 e. The van der Waals surface area contributed by atoms with E-state index in [0.29, 0.717) is 17.7 Å². The molecule has 2 aromatic carbocycles. The summed E-state index contributed by atoms with van der Waals surface area (Å²) in [5.41, 5.74) is 7.70. The third-order valence-electron chi connectivity index (χ3n) is 6.36. The molecule has 9 heteroatoms. The van der Waals surface area contributed by atoms with Gasteiger partial charge in [-0.05, 0) is 64.2 Å². The fraction of sp³-hybridized carbons (Fsp3) is 0.448. The van der Waals surface area contributed by atoms with Crippen molar-refractivity contribution in [2.24, 2.45) is 11.7 Å². The van der Waals surface area contributed by atoms with Gasteiger partial charge in [-0.1, -0.05) is 55.0 Å². The van der Waals surface area contributed by atoms with Crippen LogP contribution in [0.3, 0.4) is 0 Å². The van der Waals surface area contributed by atoms with Crippen LogP contribution in [0.5, 0.6) is 0 Å². The van der Waals surface area contributed by atoms with Crippen molar-refractivity contribution in [1.82, 2.24) is 10.2 Å². The van der Waals surface area contributed by atoms with Gasteiger partial charge >= 0.3 is 6.09 Å². The van der Waals surface area contributed by atoms with Gasteiger partial charge in [0.05, 0.1) is 6.42 Å². The first kappa shape index (κ1) is 28.7. The normalized spacial score (nSPS) is 18.1. The predicted octanol–water partition coefficient (Wildman–Crippen LogP) is 3.99. The van der Waals surface area contributed by atoms with Crippen LogP contribution in [0.4, 0.5) is 10.5 Å². The van der Waals surface area contributed by atoms with Gasteiger partial charge in [0.15, 0.2) is 0 Å². The molecule has 1 aliphatic rings. The monoisotopic (exact) mass is 522 g/mol. The number of alkyl carbamates (subject to hydrolysis) is 1. The molecule has 1 fully saturated rings. The number of rotatable bonds is 9. The molecular weight excluding hydrogens is 484 g/mol. The summed E-state index contributed by atoms with van der Waals surface area (Å²) in [6, 6.07) is 12.2. The Bertz CT molecular complexity index is 1210. The first-order valence-corrected chi connectivity index (χ1v) is 12.8. The van der Waals surface area contributed by atoms with Crippen LogP contribution in [0, 0.1) is 19.8 Å². The number of hydrogen-bond acceptors (Lipinski definition) is 5. The molecule has 2 aromatic rings. The number of aryl methyl sites for hydroxylation is 2. The third kappa shape index (κ3) is 7.57. The van der Waals surface area contributed by atoms with Gasteiger partial charge in [-0.2, -0.15) is 0 Å². The number of para-hydroxylation sites is 1. The number of ether oxygens (including phenoxy) is 1. The minimum atomic E-state index is -1.30. The second-order valence-corrected chi connectivity index (χ2v) is 11.0. The zero-order valence-corrected chi connectivity index (χ0v) is 22.9. The number of carbonyl (C=O) groups excluding carboxylic acids is 4. The molecule has 0 aliphatic heterocycles. The molecule has 0 spiro atoms. The lowest BCUT2D eigenvalue weighted by Gasteiger charge is -2.35. The Balaban J connectivity index is 2.04. The van der Waals surface area contributed by atoms with Crippen LogP contribution in [0.25, 0.3) is 0 Å². The molecule has 1 saturated carbocycles. The van der Waals surface area contributed by atoms with E-state index in [1.165, 1.54) is 4.90 Å². The summed E-state index contributed by atoms with van der Waals surface area (Å²) in [6.45, 7) is 10.9. The van der Waals surface area contributed by atoms with Gasteiger partial charge in [-0.25, -0.2) is 4.79 Å². The van der Waals surface area contributed by atoms with Gasteiger partial charge in [0.25, 0.3) is 5.91 Å². The zero-order valence-electron chi connectivity index (χ0n) is 22.9. The number of benzene rings is 2. The number of primary amides is 1. The highest BCUT2D eigenvalue weighted by molar-refractivity contribution is 6.00. The number of amides is 4. The Hall–Kier alpha value is -3.88. The van der Waals surface area contributed by atoms with Crippen molar-refractivity contribution >= 4 is 29.5 Å². The topological polar surface area (TPSA) is 131 Å². The molecule has 0 aromatic heterocycles.